The maximum absolute atomic E-state index is 13.2. The Morgan fingerprint density at radius 2 is 2.06 bits per heavy atom. The number of aromatic nitrogens is 2. The molecule has 0 fully saturated rings. The van der Waals surface area contributed by atoms with E-state index in [0.717, 1.165) is 9.15 Å². The maximum Gasteiger partial charge on any atom is 0.344 e. The molecule has 3 aromatic rings. The van der Waals surface area contributed by atoms with Crippen molar-refractivity contribution in [3.05, 3.63) is 72.7 Å². The van der Waals surface area contributed by atoms with Crippen LogP contribution >= 0.6 is 15.9 Å². The van der Waals surface area contributed by atoms with Gasteiger partial charge < -0.3 is 9.47 Å². The lowest BCUT2D eigenvalue weighted by Crippen LogP contribution is -2.23. The van der Waals surface area contributed by atoms with Crippen molar-refractivity contribution < 1.29 is 19.2 Å². The molecule has 0 unspecified atom stereocenters. The SMILES string of the molecule is CCOC(=O)COc1ccc([N+](=O)[O-])cc1C=Nn1c(C(C)C)nc2ccc(Br)cc2c1=O. The molecule has 0 bridgehead atoms. The first-order valence-corrected chi connectivity index (χ1v) is 10.8. The number of benzene rings is 2. The number of hydrogen-bond acceptors (Lipinski definition) is 8. The van der Waals surface area contributed by atoms with E-state index in [0.29, 0.717) is 16.7 Å². The van der Waals surface area contributed by atoms with Crippen molar-refractivity contribution >= 4 is 44.7 Å². The summed E-state index contributed by atoms with van der Waals surface area (Å²) >= 11 is 3.35. The Bertz CT molecular complexity index is 1300. The van der Waals surface area contributed by atoms with Gasteiger partial charge in [0.05, 0.1) is 28.6 Å². The van der Waals surface area contributed by atoms with Gasteiger partial charge in [-0.25, -0.2) is 9.78 Å². The maximum atomic E-state index is 13.2. The number of ether oxygens (including phenoxy) is 2. The number of carbonyl (C=O) groups excluding carboxylic acids is 1. The highest BCUT2D eigenvalue weighted by Crippen LogP contribution is 2.24. The Kier molecular flexibility index (Phi) is 7.54. The molecule has 0 saturated carbocycles. The van der Waals surface area contributed by atoms with Gasteiger partial charge in [0, 0.05) is 28.1 Å². The first-order chi connectivity index (χ1) is 15.7. The number of fused-ring (bicyclic) bond motifs is 1. The molecule has 0 N–H and O–H groups in total. The number of hydrogen-bond donors (Lipinski definition) is 0. The van der Waals surface area contributed by atoms with E-state index < -0.39 is 10.9 Å². The van der Waals surface area contributed by atoms with E-state index >= 15 is 0 Å². The summed E-state index contributed by atoms with van der Waals surface area (Å²) in [6.07, 6.45) is 1.27. The van der Waals surface area contributed by atoms with Crippen LogP contribution in [0.3, 0.4) is 0 Å². The molecule has 172 valence electrons. The van der Waals surface area contributed by atoms with Crippen LogP contribution in [0.2, 0.25) is 0 Å². The summed E-state index contributed by atoms with van der Waals surface area (Å²) in [4.78, 5) is 40.1. The Morgan fingerprint density at radius 3 is 2.73 bits per heavy atom. The van der Waals surface area contributed by atoms with E-state index in [4.69, 9.17) is 9.47 Å². The van der Waals surface area contributed by atoms with Crippen LogP contribution in [0.1, 0.15) is 38.1 Å². The van der Waals surface area contributed by atoms with Crippen LogP contribution in [0.5, 0.6) is 5.75 Å². The van der Waals surface area contributed by atoms with Crippen molar-refractivity contribution in [2.24, 2.45) is 5.10 Å². The van der Waals surface area contributed by atoms with Crippen molar-refractivity contribution in [2.75, 3.05) is 13.2 Å². The molecular formula is C22H21BrN4O6. The number of esters is 1. The molecule has 2 aromatic carbocycles. The lowest BCUT2D eigenvalue weighted by atomic mass is 10.2. The third kappa shape index (κ3) is 5.61. The second kappa shape index (κ2) is 10.3. The van der Waals surface area contributed by atoms with Gasteiger partial charge in [0.2, 0.25) is 0 Å². The van der Waals surface area contributed by atoms with Gasteiger partial charge in [-0.05, 0) is 31.2 Å². The fourth-order valence-electron chi connectivity index (χ4n) is 2.99. The van der Waals surface area contributed by atoms with Gasteiger partial charge in [0.15, 0.2) is 6.61 Å². The molecule has 3 rings (SSSR count). The number of nitro groups is 1. The standard InChI is InChI=1S/C22H21BrN4O6/c1-4-32-20(28)12-33-19-8-6-16(27(30)31)9-14(19)11-24-26-21(13(2)3)25-18-7-5-15(23)10-17(18)22(26)29/h5-11,13H,4,12H2,1-3H3. The predicted octanol–water partition coefficient (Wildman–Crippen LogP) is 4.01. The van der Waals surface area contributed by atoms with Gasteiger partial charge in [-0.1, -0.05) is 29.8 Å². The molecule has 0 saturated heterocycles. The smallest absolute Gasteiger partial charge is 0.344 e. The third-order valence-corrected chi connectivity index (χ3v) is 5.01. The molecule has 10 nitrogen and oxygen atoms in total. The van der Waals surface area contributed by atoms with Gasteiger partial charge in [-0.3, -0.25) is 14.9 Å². The second-order valence-corrected chi connectivity index (χ2v) is 8.14. The van der Waals surface area contributed by atoms with E-state index in [9.17, 15) is 19.7 Å². The molecule has 0 radical (unpaired) electrons. The van der Waals surface area contributed by atoms with Crippen LogP contribution in [0, 0.1) is 10.1 Å². The molecule has 0 amide bonds. The lowest BCUT2D eigenvalue weighted by molar-refractivity contribution is -0.384. The number of carbonyl (C=O) groups is 1. The van der Waals surface area contributed by atoms with Crippen molar-refractivity contribution in [1.82, 2.24) is 9.66 Å². The third-order valence-electron chi connectivity index (χ3n) is 4.52. The van der Waals surface area contributed by atoms with Crippen LogP contribution in [0.25, 0.3) is 10.9 Å². The van der Waals surface area contributed by atoms with Gasteiger partial charge in [-0.2, -0.15) is 9.78 Å². The summed E-state index contributed by atoms with van der Waals surface area (Å²) in [6, 6.07) is 9.04. The summed E-state index contributed by atoms with van der Waals surface area (Å²) < 4.78 is 12.2. The Morgan fingerprint density at radius 1 is 1.30 bits per heavy atom. The van der Waals surface area contributed by atoms with Gasteiger partial charge in [0.25, 0.3) is 11.2 Å². The number of halogens is 1. The van der Waals surface area contributed by atoms with Crippen molar-refractivity contribution in [3.8, 4) is 5.75 Å². The molecule has 11 heteroatoms. The Labute approximate surface area is 197 Å². The zero-order chi connectivity index (χ0) is 24.1. The molecule has 0 aliphatic heterocycles. The largest absolute Gasteiger partial charge is 0.481 e. The number of rotatable bonds is 8. The van der Waals surface area contributed by atoms with Crippen LogP contribution < -0.4 is 10.3 Å². The fraction of sp³-hybridized carbons (Fsp3) is 0.273. The van der Waals surface area contributed by atoms with E-state index in [-0.39, 0.29) is 41.7 Å². The number of nitro benzene ring substituents is 1. The monoisotopic (exact) mass is 516 g/mol. The molecule has 33 heavy (non-hydrogen) atoms. The van der Waals surface area contributed by atoms with Crippen LogP contribution in [-0.4, -0.2) is 40.0 Å². The Hall–Kier alpha value is -3.60. The second-order valence-electron chi connectivity index (χ2n) is 7.22. The van der Waals surface area contributed by atoms with Crippen LogP contribution in [0.4, 0.5) is 5.69 Å². The lowest BCUT2D eigenvalue weighted by Gasteiger charge is -2.12. The topological polar surface area (TPSA) is 126 Å². The normalized spacial score (nSPS) is 11.3. The average molecular weight is 517 g/mol. The van der Waals surface area contributed by atoms with Crippen LogP contribution in [-0.2, 0) is 9.53 Å². The van der Waals surface area contributed by atoms with Gasteiger partial charge in [0.1, 0.15) is 11.6 Å². The molecule has 0 aliphatic carbocycles. The quantitative estimate of drug-likeness (QED) is 0.191. The highest BCUT2D eigenvalue weighted by Gasteiger charge is 2.16. The first kappa shape index (κ1) is 24.1. The predicted molar refractivity (Wildman–Crippen MR) is 126 cm³/mol. The van der Waals surface area contributed by atoms with Crippen molar-refractivity contribution in [1.29, 1.82) is 0 Å². The van der Waals surface area contributed by atoms with Gasteiger partial charge in [-0.15, -0.1) is 0 Å². The summed E-state index contributed by atoms with van der Waals surface area (Å²) in [5, 5.41) is 15.9. The molecule has 1 aromatic heterocycles. The zero-order valence-electron chi connectivity index (χ0n) is 18.1. The molecule has 0 aliphatic rings. The molecule has 0 spiro atoms. The average Bonchev–Trinajstić information content (AvgIpc) is 2.77. The number of nitrogens with zero attached hydrogens (tertiary/aromatic N) is 4. The minimum atomic E-state index is -0.582. The fourth-order valence-corrected chi connectivity index (χ4v) is 3.35. The van der Waals surface area contributed by atoms with E-state index in [1.165, 1.54) is 24.4 Å². The highest BCUT2D eigenvalue weighted by molar-refractivity contribution is 9.10. The van der Waals surface area contributed by atoms with E-state index in [1.54, 1.807) is 25.1 Å². The minimum Gasteiger partial charge on any atom is -0.481 e. The zero-order valence-corrected chi connectivity index (χ0v) is 19.7. The summed E-state index contributed by atoms with van der Waals surface area (Å²) in [6.45, 7) is 5.24. The summed E-state index contributed by atoms with van der Waals surface area (Å²) in [7, 11) is 0. The van der Waals surface area contributed by atoms with E-state index in [1.807, 2.05) is 13.8 Å². The van der Waals surface area contributed by atoms with Gasteiger partial charge >= 0.3 is 5.97 Å². The first-order valence-electron chi connectivity index (χ1n) is 10.0. The Balaban J connectivity index is 2.09. The molecule has 1 heterocycles. The van der Waals surface area contributed by atoms with Crippen LogP contribution in [0.15, 0.2) is 50.8 Å². The van der Waals surface area contributed by atoms with Crippen molar-refractivity contribution in [2.45, 2.75) is 26.7 Å². The van der Waals surface area contributed by atoms with E-state index in [2.05, 4.69) is 26.0 Å². The molecule has 0 atom stereocenters. The van der Waals surface area contributed by atoms with Crippen molar-refractivity contribution in [3.63, 3.8) is 0 Å². The summed E-state index contributed by atoms with van der Waals surface area (Å²) in [5.74, 6) is -0.118. The minimum absolute atomic E-state index is 0.132. The number of non-ortho nitro benzene ring substituents is 1. The summed E-state index contributed by atoms with van der Waals surface area (Å²) in [5.41, 5.74) is 0.161. The highest BCUT2D eigenvalue weighted by atomic mass is 79.9. The molecular weight excluding hydrogens is 496 g/mol.